The van der Waals surface area contributed by atoms with Gasteiger partial charge in [0.25, 0.3) is 0 Å². The van der Waals surface area contributed by atoms with Gasteiger partial charge in [-0.05, 0) is 18.8 Å². The summed E-state index contributed by atoms with van der Waals surface area (Å²) in [6.45, 7) is 2.53. The Morgan fingerprint density at radius 1 is 1.70 bits per heavy atom. The van der Waals surface area contributed by atoms with Crippen LogP contribution in [0.3, 0.4) is 0 Å². The van der Waals surface area contributed by atoms with Crippen LogP contribution in [0.25, 0.3) is 0 Å². The Balaban J connectivity index is 1.92. The van der Waals surface area contributed by atoms with Crippen LogP contribution in [0.4, 0.5) is 0 Å². The van der Waals surface area contributed by atoms with E-state index in [9.17, 15) is 4.79 Å². The van der Waals surface area contributed by atoms with Crippen LogP contribution in [0.2, 0.25) is 0 Å². The number of amides is 1. The van der Waals surface area contributed by atoms with E-state index in [1.807, 2.05) is 24.7 Å². The largest absolute Gasteiger partial charge is 0.409 e. The number of aromatic nitrogens is 2. The quantitative estimate of drug-likeness (QED) is 0.311. The Labute approximate surface area is 117 Å². The van der Waals surface area contributed by atoms with E-state index in [0.717, 1.165) is 5.82 Å². The summed E-state index contributed by atoms with van der Waals surface area (Å²) in [6, 6.07) is 0. The summed E-state index contributed by atoms with van der Waals surface area (Å²) in [6.07, 6.45) is 5.48. The molecule has 1 amide bonds. The van der Waals surface area contributed by atoms with E-state index in [0.29, 0.717) is 31.7 Å². The fourth-order valence-corrected chi connectivity index (χ4v) is 2.83. The second-order valence-corrected chi connectivity index (χ2v) is 5.54. The van der Waals surface area contributed by atoms with Crippen molar-refractivity contribution in [3.05, 3.63) is 18.2 Å². The molecule has 1 fully saturated rings. The molecule has 0 aliphatic heterocycles. The number of hydrogen-bond donors (Lipinski definition) is 3. The van der Waals surface area contributed by atoms with E-state index in [4.69, 9.17) is 10.9 Å². The average Bonchev–Trinajstić information content (AvgIpc) is 2.79. The molecular weight excluding hydrogens is 258 g/mol. The van der Waals surface area contributed by atoms with Crippen LogP contribution in [0.5, 0.6) is 0 Å². The second-order valence-electron chi connectivity index (χ2n) is 5.54. The van der Waals surface area contributed by atoms with Crippen molar-refractivity contribution in [3.63, 3.8) is 0 Å². The molecule has 110 valence electrons. The highest BCUT2D eigenvalue weighted by molar-refractivity contribution is 6.07. The van der Waals surface area contributed by atoms with Gasteiger partial charge in [-0.3, -0.25) is 4.79 Å². The zero-order chi connectivity index (χ0) is 14.8. The summed E-state index contributed by atoms with van der Waals surface area (Å²) in [5.74, 6) is 1.16. The number of amidine groups is 1. The highest BCUT2D eigenvalue weighted by Crippen LogP contribution is 2.45. The van der Waals surface area contributed by atoms with Crippen molar-refractivity contribution in [1.82, 2.24) is 14.9 Å². The minimum Gasteiger partial charge on any atom is -0.409 e. The molecule has 1 aromatic rings. The molecule has 1 saturated carbocycles. The molecular formula is C13H21N5O2. The molecule has 1 heterocycles. The van der Waals surface area contributed by atoms with E-state index >= 15 is 0 Å². The van der Waals surface area contributed by atoms with Crippen LogP contribution in [-0.4, -0.2) is 33.0 Å². The molecule has 7 nitrogen and oxygen atoms in total. The minimum absolute atomic E-state index is 0.00471. The topological polar surface area (TPSA) is 106 Å². The number of rotatable bonds is 5. The van der Waals surface area contributed by atoms with Crippen LogP contribution < -0.4 is 11.1 Å². The Hall–Kier alpha value is -2.05. The molecule has 1 aliphatic rings. The summed E-state index contributed by atoms with van der Waals surface area (Å²) >= 11 is 0. The molecule has 0 atom stereocenters. The van der Waals surface area contributed by atoms with Crippen molar-refractivity contribution in [1.29, 1.82) is 0 Å². The molecule has 0 spiro atoms. The first-order valence-electron chi connectivity index (χ1n) is 6.72. The molecule has 2 rings (SSSR count). The lowest BCUT2D eigenvalue weighted by Crippen LogP contribution is -2.57. The number of nitrogens with two attached hydrogens (primary N) is 1. The van der Waals surface area contributed by atoms with E-state index < -0.39 is 5.41 Å². The van der Waals surface area contributed by atoms with Gasteiger partial charge in [-0.2, -0.15) is 0 Å². The highest BCUT2D eigenvalue weighted by Gasteiger charge is 2.51. The fourth-order valence-electron chi connectivity index (χ4n) is 2.83. The lowest BCUT2D eigenvalue weighted by Gasteiger charge is -2.43. The van der Waals surface area contributed by atoms with Gasteiger partial charge >= 0.3 is 0 Å². The predicted molar refractivity (Wildman–Crippen MR) is 74.2 cm³/mol. The van der Waals surface area contributed by atoms with Crippen LogP contribution in [0.15, 0.2) is 17.5 Å². The van der Waals surface area contributed by atoms with Crippen LogP contribution >= 0.6 is 0 Å². The molecule has 0 aromatic carbocycles. The first kappa shape index (κ1) is 14.4. The van der Waals surface area contributed by atoms with Crippen molar-refractivity contribution < 1.29 is 10.0 Å². The van der Waals surface area contributed by atoms with Crippen LogP contribution in [0, 0.1) is 11.3 Å². The summed E-state index contributed by atoms with van der Waals surface area (Å²) in [4.78, 5) is 16.5. The Morgan fingerprint density at radius 2 is 2.40 bits per heavy atom. The number of hydrogen-bond acceptors (Lipinski definition) is 4. The first-order chi connectivity index (χ1) is 9.49. The lowest BCUT2D eigenvalue weighted by molar-refractivity contribution is -0.133. The van der Waals surface area contributed by atoms with Gasteiger partial charge in [-0.15, -0.1) is 0 Å². The minimum atomic E-state index is -0.837. The average molecular weight is 279 g/mol. The summed E-state index contributed by atoms with van der Waals surface area (Å²) in [5, 5.41) is 14.7. The number of carbonyl (C=O) groups is 1. The van der Waals surface area contributed by atoms with Gasteiger partial charge in [0.2, 0.25) is 5.91 Å². The number of oxime groups is 1. The third kappa shape index (κ3) is 2.48. The van der Waals surface area contributed by atoms with Crippen molar-refractivity contribution in [3.8, 4) is 0 Å². The second kappa shape index (κ2) is 5.52. The van der Waals surface area contributed by atoms with E-state index in [1.54, 1.807) is 6.20 Å². The smallest absolute Gasteiger partial charge is 0.233 e. The van der Waals surface area contributed by atoms with Crippen LogP contribution in [0.1, 0.15) is 25.6 Å². The molecule has 7 heteroatoms. The molecule has 1 aliphatic carbocycles. The van der Waals surface area contributed by atoms with E-state index in [1.165, 1.54) is 0 Å². The van der Waals surface area contributed by atoms with Gasteiger partial charge in [-0.1, -0.05) is 12.1 Å². The molecule has 4 N–H and O–H groups in total. The molecule has 0 saturated heterocycles. The van der Waals surface area contributed by atoms with Gasteiger partial charge in [0.15, 0.2) is 5.84 Å². The van der Waals surface area contributed by atoms with Gasteiger partial charge in [-0.25, -0.2) is 4.98 Å². The number of imidazole rings is 1. The van der Waals surface area contributed by atoms with Gasteiger partial charge in [0.05, 0.1) is 0 Å². The maximum Gasteiger partial charge on any atom is 0.233 e. The van der Waals surface area contributed by atoms with Gasteiger partial charge < -0.3 is 20.8 Å². The normalized spacial score (nSPS) is 26.1. The number of aryl methyl sites for hydroxylation is 1. The lowest BCUT2D eigenvalue weighted by atomic mass is 9.61. The first-order valence-corrected chi connectivity index (χ1v) is 6.72. The standard InChI is InChI=1S/C13H21N5O2/c1-9-7-13(8-9,11(14)17-20)12(19)16-4-3-10-15-5-6-18(10)2/h5-6,9,20H,3-4,7-8H2,1-2H3,(H2,14,17)(H,16,19). The van der Waals surface area contributed by atoms with Gasteiger partial charge in [0.1, 0.15) is 11.2 Å². The van der Waals surface area contributed by atoms with E-state index in [-0.39, 0.29) is 11.7 Å². The van der Waals surface area contributed by atoms with E-state index in [2.05, 4.69) is 15.5 Å². The molecule has 0 radical (unpaired) electrons. The molecule has 0 unspecified atom stereocenters. The summed E-state index contributed by atoms with van der Waals surface area (Å²) < 4.78 is 1.91. The Bertz CT molecular complexity index is 517. The third-order valence-electron chi connectivity index (χ3n) is 3.98. The maximum absolute atomic E-state index is 12.3. The highest BCUT2D eigenvalue weighted by atomic mass is 16.4. The number of nitrogens with zero attached hydrogens (tertiary/aromatic N) is 3. The zero-order valence-electron chi connectivity index (χ0n) is 11.8. The molecule has 1 aromatic heterocycles. The zero-order valence-corrected chi connectivity index (χ0v) is 11.8. The van der Waals surface area contributed by atoms with Gasteiger partial charge in [0, 0.05) is 32.4 Å². The fraction of sp³-hybridized carbons (Fsp3) is 0.615. The molecule has 20 heavy (non-hydrogen) atoms. The summed E-state index contributed by atoms with van der Waals surface area (Å²) in [7, 11) is 1.91. The van der Waals surface area contributed by atoms with Crippen molar-refractivity contribution >= 4 is 11.7 Å². The maximum atomic E-state index is 12.3. The number of nitrogens with one attached hydrogen (secondary N) is 1. The summed E-state index contributed by atoms with van der Waals surface area (Å²) in [5.41, 5.74) is 4.85. The number of carbonyl (C=O) groups excluding carboxylic acids is 1. The van der Waals surface area contributed by atoms with Crippen molar-refractivity contribution in [2.24, 2.45) is 29.3 Å². The van der Waals surface area contributed by atoms with Crippen LogP contribution in [-0.2, 0) is 18.3 Å². The monoisotopic (exact) mass is 279 g/mol. The Morgan fingerprint density at radius 3 is 2.90 bits per heavy atom. The van der Waals surface area contributed by atoms with Crippen molar-refractivity contribution in [2.45, 2.75) is 26.2 Å². The SMILES string of the molecule is CC1CC(C(=O)NCCc2nccn2C)(/C(N)=N/O)C1. The molecule has 0 bridgehead atoms. The third-order valence-corrected chi connectivity index (χ3v) is 3.98. The predicted octanol–water partition coefficient (Wildman–Crippen LogP) is 0.242. The van der Waals surface area contributed by atoms with Crippen molar-refractivity contribution in [2.75, 3.05) is 6.54 Å². The Kier molecular flexibility index (Phi) is 3.96.